The van der Waals surface area contributed by atoms with E-state index in [2.05, 4.69) is 40.7 Å². The second-order valence-electron chi connectivity index (χ2n) is 6.04. The normalized spacial score (nSPS) is 14.0. The number of hydrazine groups is 1. The van der Waals surface area contributed by atoms with Crippen molar-refractivity contribution < 1.29 is 0 Å². The van der Waals surface area contributed by atoms with Gasteiger partial charge in [-0.1, -0.05) is 18.2 Å². The van der Waals surface area contributed by atoms with E-state index in [-0.39, 0.29) is 0 Å². The zero-order valence-corrected chi connectivity index (χ0v) is 14.2. The Morgan fingerprint density at radius 1 is 1.13 bits per heavy atom. The van der Waals surface area contributed by atoms with Gasteiger partial charge in [0.05, 0.1) is 11.4 Å². The molecule has 0 radical (unpaired) electrons. The van der Waals surface area contributed by atoms with Crippen LogP contribution in [0.15, 0.2) is 41.8 Å². The van der Waals surface area contributed by atoms with Crippen LogP contribution in [0.1, 0.15) is 30.3 Å². The van der Waals surface area contributed by atoms with Gasteiger partial charge in [0.1, 0.15) is 0 Å². The summed E-state index contributed by atoms with van der Waals surface area (Å²) in [6.07, 6.45) is 2.61. The van der Waals surface area contributed by atoms with Gasteiger partial charge in [0, 0.05) is 28.4 Å². The Morgan fingerprint density at radius 3 is 2.65 bits per heavy atom. The smallest absolute Gasteiger partial charge is 0.202 e. The van der Waals surface area contributed by atoms with E-state index in [4.69, 9.17) is 4.98 Å². The highest BCUT2D eigenvalue weighted by molar-refractivity contribution is 7.14. The van der Waals surface area contributed by atoms with Crippen LogP contribution in [0.3, 0.4) is 0 Å². The molecule has 5 heteroatoms. The van der Waals surface area contributed by atoms with E-state index in [0.29, 0.717) is 6.04 Å². The first-order valence-corrected chi connectivity index (χ1v) is 8.82. The van der Waals surface area contributed by atoms with Gasteiger partial charge in [-0.05, 0) is 44.9 Å². The van der Waals surface area contributed by atoms with Gasteiger partial charge < -0.3 is 4.57 Å². The third-order valence-corrected chi connectivity index (χ3v) is 5.02. The van der Waals surface area contributed by atoms with Crippen molar-refractivity contribution in [3.05, 3.63) is 53.2 Å². The molecule has 2 aromatic heterocycles. The molecule has 0 amide bonds. The van der Waals surface area contributed by atoms with Crippen molar-refractivity contribution in [3.63, 3.8) is 0 Å². The molecule has 0 aliphatic heterocycles. The Balaban J connectivity index is 1.53. The third-order valence-electron chi connectivity index (χ3n) is 4.26. The van der Waals surface area contributed by atoms with Crippen molar-refractivity contribution in [2.24, 2.45) is 0 Å². The summed E-state index contributed by atoms with van der Waals surface area (Å²) < 4.78 is 2.46. The molecule has 1 aliphatic rings. The van der Waals surface area contributed by atoms with Crippen molar-refractivity contribution in [1.29, 1.82) is 0 Å². The number of para-hydroxylation sites is 1. The molecule has 1 fully saturated rings. The Morgan fingerprint density at radius 2 is 1.91 bits per heavy atom. The highest BCUT2D eigenvalue weighted by Gasteiger charge is 2.27. The molecule has 4 rings (SSSR count). The first-order valence-electron chi connectivity index (χ1n) is 7.94. The fourth-order valence-electron chi connectivity index (χ4n) is 3.03. The SMILES string of the molecule is Cc1cc(-c2csc(NNc3ccccc3)n2)c(C)n1C1CC1. The lowest BCUT2D eigenvalue weighted by atomic mass is 10.2. The minimum absolute atomic E-state index is 0.708. The number of hydrogen-bond donors (Lipinski definition) is 2. The van der Waals surface area contributed by atoms with Crippen molar-refractivity contribution in [1.82, 2.24) is 9.55 Å². The molecule has 0 saturated heterocycles. The van der Waals surface area contributed by atoms with Crippen LogP contribution in [-0.2, 0) is 0 Å². The number of benzene rings is 1. The number of rotatable bonds is 5. The van der Waals surface area contributed by atoms with Gasteiger partial charge >= 0.3 is 0 Å². The zero-order valence-electron chi connectivity index (χ0n) is 13.3. The number of hydrogen-bond acceptors (Lipinski definition) is 4. The van der Waals surface area contributed by atoms with Gasteiger partial charge in [0.15, 0.2) is 0 Å². The molecule has 1 saturated carbocycles. The van der Waals surface area contributed by atoms with Crippen LogP contribution in [0.5, 0.6) is 0 Å². The lowest BCUT2D eigenvalue weighted by Crippen LogP contribution is -2.07. The summed E-state index contributed by atoms with van der Waals surface area (Å²) in [6.45, 7) is 4.40. The molecular formula is C18H20N4S. The van der Waals surface area contributed by atoms with Crippen molar-refractivity contribution in [3.8, 4) is 11.3 Å². The molecule has 0 bridgehead atoms. The summed E-state index contributed by atoms with van der Waals surface area (Å²) in [5.74, 6) is 0. The van der Waals surface area contributed by atoms with Crippen molar-refractivity contribution in [2.45, 2.75) is 32.7 Å². The number of aryl methyl sites for hydroxylation is 1. The maximum Gasteiger partial charge on any atom is 0.202 e. The molecule has 4 nitrogen and oxygen atoms in total. The first-order chi connectivity index (χ1) is 11.2. The van der Waals surface area contributed by atoms with Crippen LogP contribution < -0.4 is 10.9 Å². The molecule has 2 N–H and O–H groups in total. The maximum atomic E-state index is 4.72. The second-order valence-corrected chi connectivity index (χ2v) is 6.90. The highest BCUT2D eigenvalue weighted by atomic mass is 32.1. The number of nitrogens with one attached hydrogen (secondary N) is 2. The van der Waals surface area contributed by atoms with Gasteiger partial charge in [-0.2, -0.15) is 0 Å². The van der Waals surface area contributed by atoms with Gasteiger partial charge in [0.25, 0.3) is 0 Å². The maximum absolute atomic E-state index is 4.72. The van der Waals surface area contributed by atoms with E-state index in [1.807, 2.05) is 30.3 Å². The number of anilines is 2. The lowest BCUT2D eigenvalue weighted by Gasteiger charge is -2.07. The molecular weight excluding hydrogens is 304 g/mol. The van der Waals surface area contributed by atoms with Gasteiger partial charge in [0.2, 0.25) is 5.13 Å². The molecule has 23 heavy (non-hydrogen) atoms. The summed E-state index contributed by atoms with van der Waals surface area (Å²) in [6, 6.07) is 13.0. The fraction of sp³-hybridized carbons (Fsp3) is 0.278. The van der Waals surface area contributed by atoms with E-state index in [9.17, 15) is 0 Å². The average molecular weight is 324 g/mol. The Hall–Kier alpha value is -2.27. The second kappa shape index (κ2) is 5.74. The van der Waals surface area contributed by atoms with Gasteiger partial charge in [-0.3, -0.25) is 10.9 Å². The van der Waals surface area contributed by atoms with E-state index < -0.39 is 0 Å². The molecule has 1 aromatic carbocycles. The predicted molar refractivity (Wildman–Crippen MR) is 97.0 cm³/mol. The van der Waals surface area contributed by atoms with Crippen LogP contribution in [0, 0.1) is 13.8 Å². The molecule has 118 valence electrons. The lowest BCUT2D eigenvalue weighted by molar-refractivity contribution is 0.700. The zero-order chi connectivity index (χ0) is 15.8. The summed E-state index contributed by atoms with van der Waals surface area (Å²) in [7, 11) is 0. The van der Waals surface area contributed by atoms with Crippen LogP contribution in [-0.4, -0.2) is 9.55 Å². The van der Waals surface area contributed by atoms with Crippen LogP contribution in [0.25, 0.3) is 11.3 Å². The minimum Gasteiger partial charge on any atom is -0.345 e. The van der Waals surface area contributed by atoms with E-state index in [1.165, 1.54) is 29.8 Å². The number of nitrogens with zero attached hydrogens (tertiary/aromatic N) is 2. The summed E-state index contributed by atoms with van der Waals surface area (Å²) in [4.78, 5) is 4.72. The van der Waals surface area contributed by atoms with E-state index in [0.717, 1.165) is 16.5 Å². The predicted octanol–water partition coefficient (Wildman–Crippen LogP) is 5.00. The quantitative estimate of drug-likeness (QED) is 0.649. The van der Waals surface area contributed by atoms with Crippen molar-refractivity contribution >= 4 is 22.2 Å². The monoisotopic (exact) mass is 324 g/mol. The highest BCUT2D eigenvalue weighted by Crippen LogP contribution is 2.40. The van der Waals surface area contributed by atoms with Gasteiger partial charge in [-0.15, -0.1) is 11.3 Å². The minimum atomic E-state index is 0.708. The summed E-state index contributed by atoms with van der Waals surface area (Å²) >= 11 is 1.62. The topological polar surface area (TPSA) is 41.9 Å². The molecule has 0 spiro atoms. The van der Waals surface area contributed by atoms with Crippen molar-refractivity contribution in [2.75, 3.05) is 10.9 Å². The molecule has 3 aromatic rings. The Kier molecular flexibility index (Phi) is 3.58. The van der Waals surface area contributed by atoms with Crippen LogP contribution in [0.2, 0.25) is 0 Å². The summed E-state index contributed by atoms with van der Waals surface area (Å²) in [5, 5.41) is 2.99. The largest absolute Gasteiger partial charge is 0.345 e. The standard InChI is InChI=1S/C18H20N4S/c1-12-10-16(13(2)22(12)15-8-9-15)17-11-23-18(19-17)21-20-14-6-4-3-5-7-14/h3-7,10-11,15,20H,8-9H2,1-2H3,(H,19,21). The van der Waals surface area contributed by atoms with E-state index in [1.54, 1.807) is 11.3 Å². The van der Waals surface area contributed by atoms with Gasteiger partial charge in [-0.25, -0.2) is 4.98 Å². The van der Waals surface area contributed by atoms with Crippen LogP contribution in [0.4, 0.5) is 10.8 Å². The molecule has 0 atom stereocenters. The van der Waals surface area contributed by atoms with Crippen LogP contribution >= 0.6 is 11.3 Å². The Labute approximate surface area is 140 Å². The average Bonchev–Trinajstić information content (AvgIpc) is 3.20. The third kappa shape index (κ3) is 2.84. The molecule has 1 aliphatic carbocycles. The summed E-state index contributed by atoms with van der Waals surface area (Å²) in [5.41, 5.74) is 12.3. The van der Waals surface area contributed by atoms with E-state index >= 15 is 0 Å². The fourth-order valence-corrected chi connectivity index (χ4v) is 3.70. The first kappa shape index (κ1) is 14.3. The Bertz CT molecular complexity index is 815. The number of thiazole rings is 1. The molecule has 0 unspecified atom stereocenters. The number of aromatic nitrogens is 2. The molecule has 2 heterocycles.